The van der Waals surface area contributed by atoms with Crippen molar-refractivity contribution in [1.82, 2.24) is 24.8 Å². The zero-order valence-corrected chi connectivity index (χ0v) is 22.2. The van der Waals surface area contributed by atoms with Gasteiger partial charge in [0.05, 0.1) is 25.2 Å². The van der Waals surface area contributed by atoms with Crippen molar-refractivity contribution < 1.29 is 9.47 Å². The molecule has 10 heteroatoms. The van der Waals surface area contributed by atoms with Gasteiger partial charge in [0.2, 0.25) is 0 Å². The van der Waals surface area contributed by atoms with Crippen LogP contribution in [0, 0.1) is 0 Å². The van der Waals surface area contributed by atoms with Crippen LogP contribution in [0.4, 0.5) is 11.6 Å². The van der Waals surface area contributed by atoms with Gasteiger partial charge in [-0.1, -0.05) is 6.07 Å². The van der Waals surface area contributed by atoms with Crippen LogP contribution in [-0.2, 0) is 22.4 Å². The van der Waals surface area contributed by atoms with Crippen LogP contribution in [0.1, 0.15) is 29.1 Å². The maximum atomic E-state index is 5.77. The molecule has 5 rings (SSSR count). The number of fused-ring (bicyclic) bond motifs is 1. The molecule has 36 heavy (non-hydrogen) atoms. The topological polar surface area (TPSA) is 92.9 Å². The van der Waals surface area contributed by atoms with Crippen molar-refractivity contribution in [1.29, 1.82) is 0 Å². The number of ether oxygens (including phenoxy) is 2. The lowest BCUT2D eigenvalue weighted by atomic mass is 10.0. The van der Waals surface area contributed by atoms with Gasteiger partial charge in [0.25, 0.3) is 0 Å². The zero-order valence-electron chi connectivity index (χ0n) is 21.4. The number of hydrogen-bond acceptors (Lipinski definition) is 10. The SMILES string of the molecule is COCCN(C)C1CCN(Cc2cc3c(N4CCOCC4)nc(Cc4ccc(N)nc4)nc3s2)CC1. The van der Waals surface area contributed by atoms with E-state index in [0.717, 1.165) is 86.5 Å². The Morgan fingerprint density at radius 1 is 1.17 bits per heavy atom. The molecule has 0 aromatic carbocycles. The third-order valence-corrected chi connectivity index (χ3v) is 8.21. The van der Waals surface area contributed by atoms with Gasteiger partial charge in [-0.2, -0.15) is 0 Å². The summed E-state index contributed by atoms with van der Waals surface area (Å²) in [6.45, 7) is 8.16. The van der Waals surface area contributed by atoms with Gasteiger partial charge in [-0.05, 0) is 37.6 Å². The van der Waals surface area contributed by atoms with Crippen molar-refractivity contribution in [2.75, 3.05) is 77.3 Å². The average molecular weight is 512 g/mol. The van der Waals surface area contributed by atoms with Crippen molar-refractivity contribution in [3.8, 4) is 0 Å². The van der Waals surface area contributed by atoms with E-state index in [4.69, 9.17) is 25.2 Å². The summed E-state index contributed by atoms with van der Waals surface area (Å²) in [5.74, 6) is 2.38. The number of methoxy groups -OCH3 is 1. The number of aromatic nitrogens is 3. The largest absolute Gasteiger partial charge is 0.384 e. The summed E-state index contributed by atoms with van der Waals surface area (Å²) in [6, 6.07) is 6.79. The molecular weight excluding hydrogens is 474 g/mol. The normalized spacial score (nSPS) is 17.9. The molecular formula is C26H37N7O2S. The Kier molecular flexibility index (Phi) is 8.28. The van der Waals surface area contributed by atoms with E-state index in [1.54, 1.807) is 18.4 Å². The second kappa shape index (κ2) is 11.8. The number of likely N-dealkylation sites (tertiary alicyclic amines) is 1. The minimum atomic E-state index is 0.526. The quantitative estimate of drug-likeness (QED) is 0.465. The fourth-order valence-electron chi connectivity index (χ4n) is 5.05. The average Bonchev–Trinajstić information content (AvgIpc) is 3.31. The summed E-state index contributed by atoms with van der Waals surface area (Å²) in [5.41, 5.74) is 6.83. The summed E-state index contributed by atoms with van der Waals surface area (Å²) >= 11 is 1.80. The summed E-state index contributed by atoms with van der Waals surface area (Å²) in [4.78, 5) is 24.0. The standard InChI is InChI=1S/C26H37N7O2S/c1-31(9-12-34-2)20-5-7-32(8-6-20)18-21-16-22-25(33-10-13-35-14-11-33)29-24(30-26(22)36-21)15-19-3-4-23(27)28-17-19/h3-4,16-17,20H,5-15,18H2,1-2H3,(H2,27,28). The van der Waals surface area contributed by atoms with E-state index < -0.39 is 0 Å². The Morgan fingerprint density at radius 3 is 2.69 bits per heavy atom. The number of nitrogens with two attached hydrogens (primary N) is 1. The first-order valence-electron chi connectivity index (χ1n) is 12.8. The van der Waals surface area contributed by atoms with Gasteiger partial charge < -0.3 is 25.0 Å². The monoisotopic (exact) mass is 511 g/mol. The molecule has 194 valence electrons. The molecule has 0 bridgehead atoms. The molecule has 3 aromatic heterocycles. The Hall–Kier alpha value is -2.37. The van der Waals surface area contributed by atoms with Crippen LogP contribution in [-0.4, -0.2) is 97.5 Å². The highest BCUT2D eigenvalue weighted by molar-refractivity contribution is 7.18. The number of hydrogen-bond donors (Lipinski definition) is 1. The van der Waals surface area contributed by atoms with Crippen molar-refractivity contribution in [3.63, 3.8) is 0 Å². The number of nitrogens with zero attached hydrogens (tertiary/aromatic N) is 6. The van der Waals surface area contributed by atoms with Gasteiger partial charge >= 0.3 is 0 Å². The van der Waals surface area contributed by atoms with E-state index >= 15 is 0 Å². The Balaban J connectivity index is 1.33. The third-order valence-electron chi connectivity index (χ3n) is 7.20. The van der Waals surface area contributed by atoms with Crippen LogP contribution in [0.5, 0.6) is 0 Å². The summed E-state index contributed by atoms with van der Waals surface area (Å²) < 4.78 is 10.9. The summed E-state index contributed by atoms with van der Waals surface area (Å²) in [6.07, 6.45) is 4.85. The number of nitrogen functional groups attached to an aromatic ring is 1. The summed E-state index contributed by atoms with van der Waals surface area (Å²) in [5, 5.41) is 1.16. The van der Waals surface area contributed by atoms with Crippen LogP contribution in [0.2, 0.25) is 0 Å². The Bertz CT molecular complexity index is 1130. The lowest BCUT2D eigenvalue weighted by Crippen LogP contribution is -2.43. The molecule has 0 atom stereocenters. The highest BCUT2D eigenvalue weighted by Gasteiger charge is 2.24. The fourth-order valence-corrected chi connectivity index (χ4v) is 6.14. The summed E-state index contributed by atoms with van der Waals surface area (Å²) in [7, 11) is 3.99. The van der Waals surface area contributed by atoms with Gasteiger partial charge in [0.15, 0.2) is 0 Å². The van der Waals surface area contributed by atoms with Gasteiger partial charge in [-0.15, -0.1) is 11.3 Å². The maximum Gasteiger partial charge on any atom is 0.141 e. The van der Waals surface area contributed by atoms with Gasteiger partial charge in [0.1, 0.15) is 22.3 Å². The molecule has 9 nitrogen and oxygen atoms in total. The van der Waals surface area contributed by atoms with Crippen LogP contribution in [0.15, 0.2) is 24.4 Å². The van der Waals surface area contributed by atoms with Crippen molar-refractivity contribution in [2.24, 2.45) is 0 Å². The highest BCUT2D eigenvalue weighted by atomic mass is 32.1. The molecule has 3 aromatic rings. The Morgan fingerprint density at radius 2 is 1.97 bits per heavy atom. The van der Waals surface area contributed by atoms with Crippen LogP contribution in [0.25, 0.3) is 10.2 Å². The molecule has 0 amide bonds. The predicted octanol–water partition coefficient (Wildman–Crippen LogP) is 2.64. The molecule has 5 heterocycles. The molecule has 0 saturated carbocycles. The molecule has 2 N–H and O–H groups in total. The smallest absolute Gasteiger partial charge is 0.141 e. The van der Waals surface area contributed by atoms with Crippen molar-refractivity contribution >= 4 is 33.2 Å². The molecule has 2 aliphatic rings. The Labute approximate surface area is 217 Å². The highest BCUT2D eigenvalue weighted by Crippen LogP contribution is 2.33. The minimum absolute atomic E-state index is 0.526. The van der Waals surface area contributed by atoms with E-state index in [2.05, 4.69) is 32.8 Å². The van der Waals surface area contributed by atoms with Gasteiger partial charge in [-0.25, -0.2) is 15.0 Å². The molecule has 2 saturated heterocycles. The molecule has 2 aliphatic heterocycles. The van der Waals surface area contributed by atoms with Gasteiger partial charge in [0, 0.05) is 69.9 Å². The first kappa shape index (κ1) is 25.3. The van der Waals surface area contributed by atoms with Crippen LogP contribution >= 0.6 is 11.3 Å². The number of thiophene rings is 1. The van der Waals surface area contributed by atoms with Crippen molar-refractivity contribution in [3.05, 3.63) is 40.7 Å². The third kappa shape index (κ3) is 6.12. The second-order valence-electron chi connectivity index (χ2n) is 9.74. The molecule has 0 unspecified atom stereocenters. The maximum absolute atomic E-state index is 5.77. The first-order chi connectivity index (χ1) is 17.6. The minimum Gasteiger partial charge on any atom is -0.384 e. The van der Waals surface area contributed by atoms with Crippen LogP contribution < -0.4 is 10.6 Å². The van der Waals surface area contributed by atoms with E-state index in [-0.39, 0.29) is 0 Å². The molecule has 0 spiro atoms. The predicted molar refractivity (Wildman–Crippen MR) is 145 cm³/mol. The lowest BCUT2D eigenvalue weighted by molar-refractivity contribution is 0.0948. The number of piperidine rings is 1. The number of morpholine rings is 1. The van der Waals surface area contributed by atoms with E-state index in [1.807, 2.05) is 18.3 Å². The molecule has 2 fully saturated rings. The molecule has 0 radical (unpaired) electrons. The fraction of sp³-hybridized carbons (Fsp3) is 0.577. The lowest BCUT2D eigenvalue weighted by Gasteiger charge is -2.36. The van der Waals surface area contributed by atoms with Crippen molar-refractivity contribution in [2.45, 2.75) is 31.8 Å². The number of anilines is 2. The number of likely N-dealkylation sites (N-methyl/N-ethyl adjacent to an activating group) is 1. The zero-order chi connectivity index (χ0) is 24.9. The number of rotatable bonds is 9. The first-order valence-corrected chi connectivity index (χ1v) is 13.6. The van der Waals surface area contributed by atoms with E-state index in [0.29, 0.717) is 18.3 Å². The van der Waals surface area contributed by atoms with E-state index in [1.165, 1.54) is 17.7 Å². The van der Waals surface area contributed by atoms with Gasteiger partial charge in [-0.3, -0.25) is 4.90 Å². The number of pyridine rings is 1. The van der Waals surface area contributed by atoms with Crippen LogP contribution in [0.3, 0.4) is 0 Å². The molecule has 0 aliphatic carbocycles. The van der Waals surface area contributed by atoms with E-state index in [9.17, 15) is 0 Å². The second-order valence-corrected chi connectivity index (χ2v) is 10.9.